The van der Waals surface area contributed by atoms with Crippen LogP contribution in [0.4, 0.5) is 5.69 Å². The molecule has 0 radical (unpaired) electrons. The van der Waals surface area contributed by atoms with Crippen molar-refractivity contribution in [3.63, 3.8) is 0 Å². The Kier molecular flexibility index (Phi) is 6.49. The number of nitrogens with one attached hydrogen (secondary N) is 1. The standard InChI is InChI=1S/C19H20ClN3O6S/c1-28-15-5-3-2-4-14(15)22-30(26,27)17-10-12(6-7-13(17)20)19(25)23-8-9-29-16(11-23)18(21)24/h2-7,10,16,22H,8-9,11H2,1H3,(H2,21,24). The number of hydrogen-bond acceptors (Lipinski definition) is 6. The van der Waals surface area contributed by atoms with Gasteiger partial charge < -0.3 is 20.1 Å². The Morgan fingerprint density at radius 2 is 2.00 bits per heavy atom. The maximum absolute atomic E-state index is 12.9. The first-order valence-electron chi connectivity index (χ1n) is 8.88. The van der Waals surface area contributed by atoms with Gasteiger partial charge in [0.05, 0.1) is 31.0 Å². The number of hydrogen-bond donors (Lipinski definition) is 2. The molecule has 3 rings (SSSR count). The van der Waals surface area contributed by atoms with E-state index in [0.717, 1.165) is 0 Å². The van der Waals surface area contributed by atoms with Crippen LogP contribution in [0.25, 0.3) is 0 Å². The summed E-state index contributed by atoms with van der Waals surface area (Å²) in [6.07, 6.45) is -0.912. The smallest absolute Gasteiger partial charge is 0.263 e. The second-order valence-electron chi connectivity index (χ2n) is 6.46. The number of methoxy groups -OCH3 is 1. The predicted octanol–water partition coefficient (Wildman–Crippen LogP) is 1.48. The minimum atomic E-state index is -4.12. The number of morpholine rings is 1. The molecule has 1 aliphatic heterocycles. The van der Waals surface area contributed by atoms with Crippen molar-refractivity contribution in [1.29, 1.82) is 0 Å². The van der Waals surface area contributed by atoms with E-state index in [1.165, 1.54) is 36.3 Å². The number of rotatable bonds is 6. The van der Waals surface area contributed by atoms with Crippen LogP contribution >= 0.6 is 11.6 Å². The molecule has 2 amide bonds. The molecule has 160 valence electrons. The summed E-state index contributed by atoms with van der Waals surface area (Å²) in [7, 11) is -2.70. The van der Waals surface area contributed by atoms with Gasteiger partial charge in [-0.15, -0.1) is 0 Å². The van der Waals surface area contributed by atoms with E-state index in [4.69, 9.17) is 26.8 Å². The second-order valence-corrected chi connectivity index (χ2v) is 8.52. The molecule has 1 fully saturated rings. The maximum atomic E-state index is 12.9. The summed E-state index contributed by atoms with van der Waals surface area (Å²) in [5, 5.41) is -0.0501. The molecule has 2 aromatic rings. The zero-order valence-electron chi connectivity index (χ0n) is 16.0. The Labute approximate surface area is 178 Å². The number of nitrogens with two attached hydrogens (primary N) is 1. The quantitative estimate of drug-likeness (QED) is 0.681. The van der Waals surface area contributed by atoms with Crippen LogP contribution in [0.1, 0.15) is 10.4 Å². The molecule has 3 N–H and O–H groups in total. The molecule has 1 heterocycles. The first kappa shape index (κ1) is 21.9. The van der Waals surface area contributed by atoms with Crippen LogP contribution in [-0.2, 0) is 19.6 Å². The number of nitrogens with zero attached hydrogens (tertiary/aromatic N) is 1. The third-order valence-electron chi connectivity index (χ3n) is 4.49. The molecule has 0 aliphatic carbocycles. The monoisotopic (exact) mass is 453 g/mol. The van der Waals surface area contributed by atoms with Crippen LogP contribution < -0.4 is 15.2 Å². The molecule has 0 spiro atoms. The van der Waals surface area contributed by atoms with Crippen LogP contribution in [0.5, 0.6) is 5.75 Å². The van der Waals surface area contributed by atoms with Gasteiger partial charge in [0, 0.05) is 12.1 Å². The van der Waals surface area contributed by atoms with Crippen molar-refractivity contribution in [2.24, 2.45) is 5.73 Å². The van der Waals surface area contributed by atoms with E-state index in [1.54, 1.807) is 18.2 Å². The van der Waals surface area contributed by atoms with Crippen LogP contribution in [0, 0.1) is 0 Å². The van der Waals surface area contributed by atoms with E-state index in [0.29, 0.717) is 5.75 Å². The Morgan fingerprint density at radius 3 is 2.70 bits per heavy atom. The number of primary amides is 1. The number of amides is 2. The van der Waals surface area contributed by atoms with Gasteiger partial charge in [0.15, 0.2) is 6.10 Å². The first-order valence-corrected chi connectivity index (χ1v) is 10.7. The van der Waals surface area contributed by atoms with Gasteiger partial charge in [-0.2, -0.15) is 0 Å². The predicted molar refractivity (Wildman–Crippen MR) is 110 cm³/mol. The average Bonchev–Trinajstić information content (AvgIpc) is 2.73. The van der Waals surface area contributed by atoms with Crippen molar-refractivity contribution in [3.05, 3.63) is 53.1 Å². The third-order valence-corrected chi connectivity index (χ3v) is 6.34. The highest BCUT2D eigenvalue weighted by Crippen LogP contribution is 2.29. The maximum Gasteiger partial charge on any atom is 0.263 e. The van der Waals surface area contributed by atoms with Gasteiger partial charge >= 0.3 is 0 Å². The van der Waals surface area contributed by atoms with Gasteiger partial charge in [-0.1, -0.05) is 23.7 Å². The topological polar surface area (TPSA) is 128 Å². The van der Waals surface area contributed by atoms with Gasteiger partial charge in [0.2, 0.25) is 5.91 Å². The van der Waals surface area contributed by atoms with Gasteiger partial charge in [0.1, 0.15) is 10.6 Å². The lowest BCUT2D eigenvalue weighted by Gasteiger charge is -2.31. The minimum absolute atomic E-state index is 0.0155. The molecule has 1 atom stereocenters. The molecule has 2 aromatic carbocycles. The Balaban J connectivity index is 1.89. The van der Waals surface area contributed by atoms with Gasteiger partial charge in [-0.3, -0.25) is 14.3 Å². The number of sulfonamides is 1. The lowest BCUT2D eigenvalue weighted by Crippen LogP contribution is -2.50. The summed E-state index contributed by atoms with van der Waals surface area (Å²) >= 11 is 6.12. The number of anilines is 1. The summed E-state index contributed by atoms with van der Waals surface area (Å²) in [6.45, 7) is 0.374. The van der Waals surface area contributed by atoms with E-state index in [1.807, 2.05) is 0 Å². The first-order chi connectivity index (χ1) is 14.2. The Hall–Kier alpha value is -2.82. The number of ether oxygens (including phenoxy) is 2. The minimum Gasteiger partial charge on any atom is -0.495 e. The molecule has 0 aromatic heterocycles. The van der Waals surface area contributed by atoms with Crippen LogP contribution in [0.15, 0.2) is 47.4 Å². The summed E-state index contributed by atoms with van der Waals surface area (Å²) in [5.74, 6) is -0.807. The molecule has 1 unspecified atom stereocenters. The van der Waals surface area contributed by atoms with E-state index in [-0.39, 0.29) is 40.9 Å². The second kappa shape index (κ2) is 8.90. The zero-order valence-corrected chi connectivity index (χ0v) is 17.6. The van der Waals surface area contributed by atoms with Crippen molar-refractivity contribution in [2.75, 3.05) is 31.5 Å². The largest absolute Gasteiger partial charge is 0.495 e. The van der Waals surface area contributed by atoms with Crippen LogP contribution in [0.2, 0.25) is 5.02 Å². The lowest BCUT2D eigenvalue weighted by atomic mass is 10.1. The van der Waals surface area contributed by atoms with Crippen molar-refractivity contribution in [3.8, 4) is 5.75 Å². The zero-order chi connectivity index (χ0) is 21.9. The van der Waals surface area contributed by atoms with E-state index in [2.05, 4.69) is 4.72 Å². The van der Waals surface area contributed by atoms with Crippen LogP contribution in [0.3, 0.4) is 0 Å². The fourth-order valence-corrected chi connectivity index (χ4v) is 4.56. The summed E-state index contributed by atoms with van der Waals surface area (Å²) in [6, 6.07) is 10.4. The highest BCUT2D eigenvalue weighted by Gasteiger charge is 2.29. The average molecular weight is 454 g/mol. The molecule has 1 aliphatic rings. The molecular formula is C19H20ClN3O6S. The Bertz CT molecular complexity index is 1080. The van der Waals surface area contributed by atoms with E-state index < -0.39 is 27.9 Å². The summed E-state index contributed by atoms with van der Waals surface area (Å²) in [5.41, 5.74) is 5.58. The van der Waals surface area contributed by atoms with Crippen molar-refractivity contribution < 1.29 is 27.5 Å². The molecular weight excluding hydrogens is 434 g/mol. The van der Waals surface area contributed by atoms with Crippen molar-refractivity contribution in [1.82, 2.24) is 4.90 Å². The number of halogens is 1. The summed E-state index contributed by atoms with van der Waals surface area (Å²) < 4.78 is 38.7. The number of carbonyl (C=O) groups excluding carboxylic acids is 2. The summed E-state index contributed by atoms with van der Waals surface area (Å²) in [4.78, 5) is 25.3. The van der Waals surface area contributed by atoms with Gasteiger partial charge in [-0.05, 0) is 30.3 Å². The van der Waals surface area contributed by atoms with E-state index >= 15 is 0 Å². The van der Waals surface area contributed by atoms with Crippen LogP contribution in [-0.4, -0.2) is 58.0 Å². The normalized spacial score (nSPS) is 16.7. The highest BCUT2D eigenvalue weighted by atomic mass is 35.5. The molecule has 9 nitrogen and oxygen atoms in total. The fraction of sp³-hybridized carbons (Fsp3) is 0.263. The highest BCUT2D eigenvalue weighted by molar-refractivity contribution is 7.92. The van der Waals surface area contributed by atoms with Crippen molar-refractivity contribution in [2.45, 2.75) is 11.0 Å². The molecule has 0 bridgehead atoms. The molecule has 11 heteroatoms. The lowest BCUT2D eigenvalue weighted by molar-refractivity contribution is -0.133. The Morgan fingerprint density at radius 1 is 1.27 bits per heavy atom. The SMILES string of the molecule is COc1ccccc1NS(=O)(=O)c1cc(C(=O)N2CCOC(C(N)=O)C2)ccc1Cl. The molecule has 30 heavy (non-hydrogen) atoms. The third kappa shape index (κ3) is 4.66. The number of benzene rings is 2. The number of carbonyl (C=O) groups is 2. The van der Waals surface area contributed by atoms with Crippen molar-refractivity contribution >= 4 is 39.1 Å². The molecule has 1 saturated heterocycles. The van der Waals surface area contributed by atoms with Gasteiger partial charge in [0.25, 0.3) is 15.9 Å². The number of para-hydroxylation sites is 2. The van der Waals surface area contributed by atoms with Gasteiger partial charge in [-0.25, -0.2) is 8.42 Å². The molecule has 0 saturated carbocycles. The fourth-order valence-electron chi connectivity index (χ4n) is 2.96. The van der Waals surface area contributed by atoms with E-state index in [9.17, 15) is 18.0 Å².